The molecule has 0 bridgehead atoms. The van der Waals surface area contributed by atoms with Crippen molar-refractivity contribution in [3.05, 3.63) is 23.8 Å². The van der Waals surface area contributed by atoms with E-state index in [9.17, 15) is 0 Å². The smallest absolute Gasteiger partial charge is 0.192 e. The molecule has 128 valence electrons. The standard InChI is InChI=1S/C17H25N3O2.HI/c1-6-11-19-17(18-5)20-13(4)14-9-10-15(21-7-2)16(12-14)22-8-3;/h1,9-10,12-13H,7-8,11H2,2-5H3,(H2,18,19,20);1H. The van der Waals surface area contributed by atoms with Gasteiger partial charge in [-0.3, -0.25) is 4.99 Å². The quantitative estimate of drug-likeness (QED) is 0.302. The normalized spacial score (nSPS) is 11.7. The number of terminal acetylenes is 1. The molecule has 1 rings (SSSR count). The third-order valence-electron chi connectivity index (χ3n) is 3.00. The Labute approximate surface area is 156 Å². The van der Waals surface area contributed by atoms with Crippen LogP contribution < -0.4 is 20.1 Å². The average molecular weight is 431 g/mol. The maximum atomic E-state index is 5.65. The second-order valence-corrected chi connectivity index (χ2v) is 4.57. The van der Waals surface area contributed by atoms with Gasteiger partial charge in [-0.1, -0.05) is 12.0 Å². The molecule has 1 aromatic rings. The summed E-state index contributed by atoms with van der Waals surface area (Å²) in [5.41, 5.74) is 1.08. The maximum Gasteiger partial charge on any atom is 0.192 e. The molecule has 0 heterocycles. The predicted octanol–water partition coefficient (Wildman–Crippen LogP) is 2.96. The number of ether oxygens (including phenoxy) is 2. The zero-order valence-electron chi connectivity index (χ0n) is 14.2. The van der Waals surface area contributed by atoms with Crippen LogP contribution in [0.5, 0.6) is 11.5 Å². The highest BCUT2D eigenvalue weighted by Crippen LogP contribution is 2.30. The molecule has 0 saturated heterocycles. The molecule has 0 aromatic heterocycles. The Kier molecular flexibility index (Phi) is 11.0. The second-order valence-electron chi connectivity index (χ2n) is 4.57. The highest BCUT2D eigenvalue weighted by molar-refractivity contribution is 14.0. The van der Waals surface area contributed by atoms with Crippen molar-refractivity contribution in [2.24, 2.45) is 4.99 Å². The zero-order chi connectivity index (χ0) is 16.4. The van der Waals surface area contributed by atoms with E-state index in [-0.39, 0.29) is 30.0 Å². The lowest BCUT2D eigenvalue weighted by molar-refractivity contribution is 0.287. The molecule has 0 fully saturated rings. The van der Waals surface area contributed by atoms with E-state index in [0.717, 1.165) is 17.1 Å². The van der Waals surface area contributed by atoms with Crippen LogP contribution in [0.3, 0.4) is 0 Å². The van der Waals surface area contributed by atoms with Gasteiger partial charge in [0.05, 0.1) is 25.8 Å². The fourth-order valence-corrected chi connectivity index (χ4v) is 1.95. The van der Waals surface area contributed by atoms with Gasteiger partial charge in [0.2, 0.25) is 0 Å². The van der Waals surface area contributed by atoms with Gasteiger partial charge in [-0.2, -0.15) is 0 Å². The van der Waals surface area contributed by atoms with Gasteiger partial charge in [0.25, 0.3) is 0 Å². The Hall–Kier alpha value is -1.62. The van der Waals surface area contributed by atoms with E-state index >= 15 is 0 Å². The van der Waals surface area contributed by atoms with Crippen molar-refractivity contribution in [3.8, 4) is 23.8 Å². The van der Waals surface area contributed by atoms with E-state index < -0.39 is 0 Å². The van der Waals surface area contributed by atoms with E-state index in [1.54, 1.807) is 7.05 Å². The van der Waals surface area contributed by atoms with E-state index in [2.05, 4.69) is 21.5 Å². The molecule has 1 aromatic carbocycles. The molecule has 0 spiro atoms. The molecular formula is C17H26IN3O2. The van der Waals surface area contributed by atoms with Crippen LogP contribution in [0.15, 0.2) is 23.2 Å². The Morgan fingerprint density at radius 2 is 1.91 bits per heavy atom. The summed E-state index contributed by atoms with van der Waals surface area (Å²) in [7, 11) is 1.71. The molecular weight excluding hydrogens is 405 g/mol. The molecule has 1 atom stereocenters. The average Bonchev–Trinajstić information content (AvgIpc) is 2.53. The van der Waals surface area contributed by atoms with E-state index in [4.69, 9.17) is 15.9 Å². The lowest BCUT2D eigenvalue weighted by Crippen LogP contribution is -2.38. The molecule has 1 unspecified atom stereocenters. The Morgan fingerprint density at radius 1 is 1.26 bits per heavy atom. The first-order valence-corrected chi connectivity index (χ1v) is 7.46. The zero-order valence-corrected chi connectivity index (χ0v) is 16.5. The number of aliphatic imine (C=N–C) groups is 1. The van der Waals surface area contributed by atoms with Crippen molar-refractivity contribution < 1.29 is 9.47 Å². The van der Waals surface area contributed by atoms with Crippen LogP contribution in [-0.2, 0) is 0 Å². The van der Waals surface area contributed by atoms with Gasteiger partial charge in [-0.05, 0) is 38.5 Å². The lowest BCUT2D eigenvalue weighted by Gasteiger charge is -2.19. The number of guanidine groups is 1. The topological polar surface area (TPSA) is 54.9 Å². The minimum Gasteiger partial charge on any atom is -0.490 e. The summed E-state index contributed by atoms with van der Waals surface area (Å²) in [4.78, 5) is 4.14. The largest absolute Gasteiger partial charge is 0.490 e. The number of rotatable bonds is 7. The number of hydrogen-bond acceptors (Lipinski definition) is 3. The molecule has 2 N–H and O–H groups in total. The number of benzene rings is 1. The highest BCUT2D eigenvalue weighted by atomic mass is 127. The molecule has 23 heavy (non-hydrogen) atoms. The van der Waals surface area contributed by atoms with E-state index in [1.165, 1.54) is 0 Å². The Morgan fingerprint density at radius 3 is 2.48 bits per heavy atom. The minimum atomic E-state index is 0. The summed E-state index contributed by atoms with van der Waals surface area (Å²) in [6.07, 6.45) is 5.25. The molecule has 0 aliphatic carbocycles. The van der Waals surface area contributed by atoms with Gasteiger partial charge in [-0.25, -0.2) is 0 Å². The van der Waals surface area contributed by atoms with Crippen molar-refractivity contribution in [1.82, 2.24) is 10.6 Å². The first kappa shape index (κ1) is 21.4. The van der Waals surface area contributed by atoms with E-state index in [0.29, 0.717) is 25.7 Å². The van der Waals surface area contributed by atoms with Crippen LogP contribution >= 0.6 is 24.0 Å². The van der Waals surface area contributed by atoms with Gasteiger partial charge in [0, 0.05) is 7.05 Å². The van der Waals surface area contributed by atoms with Crippen LogP contribution in [-0.4, -0.2) is 32.8 Å². The number of halogens is 1. The highest BCUT2D eigenvalue weighted by Gasteiger charge is 2.12. The first-order chi connectivity index (χ1) is 10.7. The summed E-state index contributed by atoms with van der Waals surface area (Å²) in [5.74, 6) is 4.70. The third-order valence-corrected chi connectivity index (χ3v) is 3.00. The van der Waals surface area contributed by atoms with Crippen LogP contribution in [0.4, 0.5) is 0 Å². The summed E-state index contributed by atoms with van der Waals surface area (Å²) < 4.78 is 11.2. The second kappa shape index (κ2) is 11.9. The third kappa shape index (κ3) is 6.99. The summed E-state index contributed by atoms with van der Waals surface area (Å²) in [6, 6.07) is 5.98. The number of nitrogens with zero attached hydrogens (tertiary/aromatic N) is 1. The Bertz CT molecular complexity index is 541. The van der Waals surface area contributed by atoms with Crippen LogP contribution in [0.2, 0.25) is 0 Å². The molecule has 0 radical (unpaired) electrons. The molecule has 0 aliphatic rings. The van der Waals surface area contributed by atoms with Gasteiger partial charge in [0.15, 0.2) is 17.5 Å². The van der Waals surface area contributed by atoms with Crippen molar-refractivity contribution in [2.45, 2.75) is 26.8 Å². The molecule has 5 nitrogen and oxygen atoms in total. The van der Waals surface area contributed by atoms with Crippen LogP contribution in [0.25, 0.3) is 0 Å². The van der Waals surface area contributed by atoms with Crippen LogP contribution in [0.1, 0.15) is 32.4 Å². The van der Waals surface area contributed by atoms with Crippen molar-refractivity contribution in [3.63, 3.8) is 0 Å². The Balaban J connectivity index is 0.00000484. The molecule has 0 aliphatic heterocycles. The van der Waals surface area contributed by atoms with Gasteiger partial charge >= 0.3 is 0 Å². The van der Waals surface area contributed by atoms with Crippen molar-refractivity contribution in [1.29, 1.82) is 0 Å². The van der Waals surface area contributed by atoms with Crippen molar-refractivity contribution in [2.75, 3.05) is 26.8 Å². The predicted molar refractivity (Wildman–Crippen MR) is 106 cm³/mol. The summed E-state index contributed by atoms with van der Waals surface area (Å²) >= 11 is 0. The monoisotopic (exact) mass is 431 g/mol. The van der Waals surface area contributed by atoms with Gasteiger partial charge in [-0.15, -0.1) is 30.4 Å². The maximum absolute atomic E-state index is 5.65. The number of hydrogen-bond donors (Lipinski definition) is 2. The molecule has 0 saturated carbocycles. The first-order valence-electron chi connectivity index (χ1n) is 7.46. The van der Waals surface area contributed by atoms with E-state index in [1.807, 2.05) is 39.0 Å². The minimum absolute atomic E-state index is 0. The van der Waals surface area contributed by atoms with Gasteiger partial charge in [0.1, 0.15) is 0 Å². The van der Waals surface area contributed by atoms with Crippen molar-refractivity contribution >= 4 is 29.9 Å². The molecule has 0 amide bonds. The SMILES string of the molecule is C#CCNC(=NC)NC(C)c1ccc(OCC)c(OCC)c1.I. The van der Waals surface area contributed by atoms with Crippen LogP contribution in [0, 0.1) is 12.3 Å². The fourth-order valence-electron chi connectivity index (χ4n) is 1.95. The fraction of sp³-hybridized carbons (Fsp3) is 0.471. The summed E-state index contributed by atoms with van der Waals surface area (Å²) in [5, 5.41) is 6.32. The number of nitrogens with one attached hydrogen (secondary N) is 2. The summed E-state index contributed by atoms with van der Waals surface area (Å²) in [6.45, 7) is 7.59. The molecule has 6 heteroatoms. The van der Waals surface area contributed by atoms with Gasteiger partial charge < -0.3 is 20.1 Å². The lowest BCUT2D eigenvalue weighted by atomic mass is 10.1.